The Kier molecular flexibility index (Phi) is 14.0. The molecule has 0 unspecified atom stereocenters. The molecular formula is C24H28N2O10S4. The van der Waals surface area contributed by atoms with E-state index in [2.05, 4.69) is 18.9 Å². The first-order chi connectivity index (χ1) is 19.0. The molecule has 0 N–H and O–H groups in total. The Bertz CT molecular complexity index is 1270. The fourth-order valence-corrected chi connectivity index (χ4v) is 6.06. The molecule has 2 rings (SSSR count). The highest BCUT2D eigenvalue weighted by Crippen LogP contribution is 2.16. The molecule has 0 aliphatic rings. The molecule has 0 heterocycles. The van der Waals surface area contributed by atoms with Crippen molar-refractivity contribution < 1.29 is 44.5 Å². The molecule has 0 saturated carbocycles. The van der Waals surface area contributed by atoms with Gasteiger partial charge in [-0.25, -0.2) is 9.59 Å². The maximum Gasteiger partial charge on any atom is 0.367 e. The van der Waals surface area contributed by atoms with Gasteiger partial charge in [-0.3, -0.25) is 8.57 Å². The molecule has 0 fully saturated rings. The van der Waals surface area contributed by atoms with E-state index in [1.165, 1.54) is 0 Å². The molecule has 0 atom stereocenters. The molecular weight excluding hydrogens is 605 g/mol. The van der Waals surface area contributed by atoms with Crippen molar-refractivity contribution in [2.24, 2.45) is 10.3 Å². The molecule has 40 heavy (non-hydrogen) atoms. The average Bonchev–Trinajstić information content (AvgIpc) is 2.90. The second-order valence-electron chi connectivity index (χ2n) is 7.46. The maximum absolute atomic E-state index is 12.3. The molecule has 0 radical (unpaired) electrons. The molecule has 0 aromatic heterocycles. The standard InChI is InChI=1S/C24H28N2O10S4/c1-3-33-23(27)21(25-35-39(29,30)17-19-11-7-5-8-12-19)37-15-16-38-22(24(28)34-4-2)26-36-40(31,32)18-20-13-9-6-10-14-20/h5-14H,3-4,15-18H2,1-2H3. The Balaban J connectivity index is 2.03. The van der Waals surface area contributed by atoms with Crippen molar-refractivity contribution in [3.05, 3.63) is 71.8 Å². The predicted octanol–water partition coefficient (Wildman–Crippen LogP) is 3.30. The molecule has 0 amide bonds. The fourth-order valence-electron chi connectivity index (χ4n) is 2.70. The summed E-state index contributed by atoms with van der Waals surface area (Å²) in [7, 11) is -8.30. The van der Waals surface area contributed by atoms with Crippen molar-refractivity contribution >= 4 is 65.8 Å². The number of hydrogen-bond acceptors (Lipinski definition) is 14. The van der Waals surface area contributed by atoms with Gasteiger partial charge in [-0.15, -0.1) is 0 Å². The summed E-state index contributed by atoms with van der Waals surface area (Å²) < 4.78 is 68.3. The monoisotopic (exact) mass is 632 g/mol. The number of esters is 2. The summed E-state index contributed by atoms with van der Waals surface area (Å²) in [5.74, 6) is -2.52. The highest BCUT2D eigenvalue weighted by Gasteiger charge is 2.21. The summed E-state index contributed by atoms with van der Waals surface area (Å²) in [4.78, 5) is 24.5. The number of benzene rings is 2. The average molecular weight is 633 g/mol. The Labute approximate surface area is 241 Å². The van der Waals surface area contributed by atoms with Crippen LogP contribution in [0.1, 0.15) is 25.0 Å². The zero-order chi connectivity index (χ0) is 29.4. The van der Waals surface area contributed by atoms with Crippen LogP contribution >= 0.6 is 23.5 Å². The van der Waals surface area contributed by atoms with E-state index in [9.17, 15) is 26.4 Å². The van der Waals surface area contributed by atoms with Gasteiger partial charge in [-0.1, -0.05) is 94.5 Å². The van der Waals surface area contributed by atoms with E-state index in [4.69, 9.17) is 9.47 Å². The minimum atomic E-state index is -4.15. The molecule has 2 aromatic rings. The third kappa shape index (κ3) is 12.8. The molecule has 2 aromatic carbocycles. The van der Waals surface area contributed by atoms with E-state index >= 15 is 0 Å². The van der Waals surface area contributed by atoms with Gasteiger partial charge in [0.1, 0.15) is 11.5 Å². The smallest absolute Gasteiger partial charge is 0.367 e. The van der Waals surface area contributed by atoms with Crippen molar-refractivity contribution in [1.29, 1.82) is 0 Å². The maximum atomic E-state index is 12.3. The number of ether oxygens (including phenoxy) is 2. The lowest BCUT2D eigenvalue weighted by molar-refractivity contribution is -0.135. The Morgan fingerprint density at radius 3 is 1.32 bits per heavy atom. The summed E-state index contributed by atoms with van der Waals surface area (Å²) in [5.41, 5.74) is 0.941. The van der Waals surface area contributed by atoms with Crippen LogP contribution in [0, 0.1) is 0 Å². The Morgan fingerprint density at radius 2 is 1.00 bits per heavy atom. The number of thioether (sulfide) groups is 2. The van der Waals surface area contributed by atoms with Crippen LogP contribution in [0.2, 0.25) is 0 Å². The fraction of sp³-hybridized carbons (Fsp3) is 0.333. The van der Waals surface area contributed by atoms with Crippen LogP contribution in [0.25, 0.3) is 0 Å². The van der Waals surface area contributed by atoms with Gasteiger partial charge in [-0.05, 0) is 25.0 Å². The molecule has 0 bridgehead atoms. The number of carbonyl (C=O) groups is 2. The van der Waals surface area contributed by atoms with E-state index in [1.54, 1.807) is 74.5 Å². The molecule has 218 valence electrons. The van der Waals surface area contributed by atoms with Gasteiger partial charge in [-0.2, -0.15) is 16.8 Å². The zero-order valence-corrected chi connectivity index (χ0v) is 24.9. The molecule has 0 aliphatic carbocycles. The third-order valence-electron chi connectivity index (χ3n) is 4.30. The third-order valence-corrected chi connectivity index (χ3v) is 8.38. The van der Waals surface area contributed by atoms with Crippen LogP contribution in [0.5, 0.6) is 0 Å². The van der Waals surface area contributed by atoms with E-state index < -0.39 is 43.7 Å². The zero-order valence-electron chi connectivity index (χ0n) is 21.6. The number of oxime groups is 2. The first-order valence-electron chi connectivity index (χ1n) is 11.7. The number of nitrogens with zero attached hydrogens (tertiary/aromatic N) is 2. The summed E-state index contributed by atoms with van der Waals surface area (Å²) in [6.07, 6.45) is 0. The van der Waals surface area contributed by atoms with Crippen molar-refractivity contribution in [3.8, 4) is 0 Å². The van der Waals surface area contributed by atoms with Gasteiger partial charge in [0, 0.05) is 11.5 Å². The van der Waals surface area contributed by atoms with E-state index in [0.29, 0.717) is 11.1 Å². The number of hydrogen-bond donors (Lipinski definition) is 0. The number of carbonyl (C=O) groups excluding carboxylic acids is 2. The van der Waals surface area contributed by atoms with Crippen LogP contribution in [0.3, 0.4) is 0 Å². The lowest BCUT2D eigenvalue weighted by Gasteiger charge is -2.08. The summed E-state index contributed by atoms with van der Waals surface area (Å²) in [6, 6.07) is 16.5. The van der Waals surface area contributed by atoms with Crippen molar-refractivity contribution in [2.75, 3.05) is 24.7 Å². The lowest BCUT2D eigenvalue weighted by Crippen LogP contribution is -2.19. The predicted molar refractivity (Wildman–Crippen MR) is 153 cm³/mol. The highest BCUT2D eigenvalue weighted by molar-refractivity contribution is 8.18. The Hall–Kier alpha value is -3.08. The van der Waals surface area contributed by atoms with Crippen LogP contribution in [-0.2, 0) is 59.4 Å². The van der Waals surface area contributed by atoms with Crippen molar-refractivity contribution in [2.45, 2.75) is 25.4 Å². The largest absolute Gasteiger partial charge is 0.461 e. The minimum Gasteiger partial charge on any atom is -0.461 e. The number of rotatable bonds is 13. The molecule has 12 nitrogen and oxygen atoms in total. The van der Waals surface area contributed by atoms with Gasteiger partial charge >= 0.3 is 32.2 Å². The van der Waals surface area contributed by atoms with Crippen LogP contribution in [0.15, 0.2) is 71.0 Å². The molecule has 0 spiro atoms. The van der Waals surface area contributed by atoms with E-state index in [-0.39, 0.29) is 34.8 Å². The van der Waals surface area contributed by atoms with Crippen LogP contribution in [0.4, 0.5) is 0 Å². The summed E-state index contributed by atoms with van der Waals surface area (Å²) >= 11 is 1.62. The highest BCUT2D eigenvalue weighted by atomic mass is 32.2. The first kappa shape index (κ1) is 33.1. The normalized spacial score (nSPS) is 12.4. The van der Waals surface area contributed by atoms with Crippen molar-refractivity contribution in [1.82, 2.24) is 0 Å². The van der Waals surface area contributed by atoms with Crippen LogP contribution in [-0.4, -0.2) is 63.6 Å². The first-order valence-corrected chi connectivity index (χ1v) is 16.8. The second kappa shape index (κ2) is 16.9. The van der Waals surface area contributed by atoms with Gasteiger partial charge < -0.3 is 9.47 Å². The van der Waals surface area contributed by atoms with Crippen LogP contribution < -0.4 is 0 Å². The molecule has 0 aliphatic heterocycles. The minimum absolute atomic E-state index is 0.0123. The summed E-state index contributed by atoms with van der Waals surface area (Å²) in [5, 5.41) is 6.23. The van der Waals surface area contributed by atoms with E-state index in [1.807, 2.05) is 0 Å². The quantitative estimate of drug-likeness (QED) is 0.104. The second-order valence-corrected chi connectivity index (χ2v) is 12.7. The van der Waals surface area contributed by atoms with Gasteiger partial charge in [0.25, 0.3) is 0 Å². The topological polar surface area (TPSA) is 164 Å². The summed E-state index contributed by atoms with van der Waals surface area (Å²) in [6.45, 7) is 3.16. The SMILES string of the molecule is CCOC(=O)C(=NOS(=O)(=O)Cc1ccccc1)SCCSC(=NOS(=O)(=O)Cc1ccccc1)C(=O)OCC. The van der Waals surface area contributed by atoms with Gasteiger partial charge in [0.15, 0.2) is 0 Å². The van der Waals surface area contributed by atoms with Crippen molar-refractivity contribution in [3.63, 3.8) is 0 Å². The molecule has 0 saturated heterocycles. The van der Waals surface area contributed by atoms with E-state index in [0.717, 1.165) is 23.5 Å². The van der Waals surface area contributed by atoms with Gasteiger partial charge in [0.2, 0.25) is 10.1 Å². The molecule has 16 heteroatoms. The van der Waals surface area contributed by atoms with Gasteiger partial charge in [0.05, 0.1) is 13.2 Å². The Morgan fingerprint density at radius 1 is 0.650 bits per heavy atom. The lowest BCUT2D eigenvalue weighted by atomic mass is 10.2.